The molecule has 0 saturated heterocycles. The maximum absolute atomic E-state index is 12.0. The Balaban J connectivity index is 3.15. The number of hydrogen-bond donors (Lipinski definition) is 0. The van der Waals surface area contributed by atoms with Crippen molar-refractivity contribution in [1.29, 1.82) is 10.5 Å². The fourth-order valence-electron chi connectivity index (χ4n) is 1.06. The van der Waals surface area contributed by atoms with E-state index >= 15 is 0 Å². The highest BCUT2D eigenvalue weighted by atomic mass is 19.4. The second-order valence-corrected chi connectivity index (χ2v) is 2.87. The van der Waals surface area contributed by atoms with Crippen LogP contribution in [0.3, 0.4) is 0 Å². The lowest BCUT2D eigenvalue weighted by Crippen LogP contribution is -2.17. The molecule has 0 radical (unpaired) electrons. The number of rotatable bonds is 2. The number of halogens is 3. The maximum atomic E-state index is 12.0. The van der Waals surface area contributed by atoms with Crippen LogP contribution in [0, 0.1) is 22.7 Å². The van der Waals surface area contributed by atoms with Crippen molar-refractivity contribution in [3.05, 3.63) is 35.4 Å². The fourth-order valence-corrected chi connectivity index (χ4v) is 1.06. The second-order valence-electron chi connectivity index (χ2n) is 2.87. The fraction of sp³-hybridized carbons (Fsp3) is 0.0909. The predicted molar refractivity (Wildman–Crippen MR) is 52.3 cm³/mol. The van der Waals surface area contributed by atoms with Gasteiger partial charge < -0.3 is 4.74 Å². The number of alkyl halides is 3. The van der Waals surface area contributed by atoms with Crippen LogP contribution < -0.4 is 4.74 Å². The SMILES string of the molecule is N#CC(C#N)=Cc1ccccc1OC(F)(F)F. The third kappa shape index (κ3) is 3.88. The van der Waals surface area contributed by atoms with E-state index in [1.54, 1.807) is 12.1 Å². The number of para-hydroxylation sites is 1. The number of nitrogens with zero attached hydrogens (tertiary/aromatic N) is 2. The monoisotopic (exact) mass is 238 g/mol. The number of ether oxygens (including phenoxy) is 1. The molecular weight excluding hydrogens is 233 g/mol. The van der Waals surface area contributed by atoms with E-state index in [-0.39, 0.29) is 11.1 Å². The van der Waals surface area contributed by atoms with Gasteiger partial charge in [0, 0.05) is 5.56 Å². The predicted octanol–water partition coefficient (Wildman–Crippen LogP) is 3.02. The number of benzene rings is 1. The lowest BCUT2D eigenvalue weighted by Gasteiger charge is -2.10. The Morgan fingerprint density at radius 2 is 1.76 bits per heavy atom. The highest BCUT2D eigenvalue weighted by molar-refractivity contribution is 5.66. The van der Waals surface area contributed by atoms with Crippen molar-refractivity contribution in [1.82, 2.24) is 0 Å². The summed E-state index contributed by atoms with van der Waals surface area (Å²) in [5.74, 6) is -0.456. The standard InChI is InChI=1S/C11H5F3N2O/c12-11(13,14)17-10-4-2-1-3-9(10)5-8(6-15)7-16/h1-5H. The van der Waals surface area contributed by atoms with Crippen molar-refractivity contribution >= 4 is 6.08 Å². The van der Waals surface area contributed by atoms with Crippen LogP contribution >= 0.6 is 0 Å². The molecule has 1 aromatic rings. The molecule has 1 rings (SSSR count). The van der Waals surface area contributed by atoms with Gasteiger partial charge in [0.1, 0.15) is 23.5 Å². The summed E-state index contributed by atoms with van der Waals surface area (Å²) in [6.45, 7) is 0. The highest BCUT2D eigenvalue weighted by Crippen LogP contribution is 2.27. The van der Waals surface area contributed by atoms with Gasteiger partial charge in [0.2, 0.25) is 0 Å². The molecule has 0 N–H and O–H groups in total. The first-order chi connectivity index (χ1) is 7.96. The molecule has 0 aliphatic heterocycles. The molecule has 0 atom stereocenters. The molecule has 0 aliphatic rings. The molecule has 0 aliphatic carbocycles. The Labute approximate surface area is 95.0 Å². The molecule has 1 aromatic carbocycles. The van der Waals surface area contributed by atoms with Crippen LogP contribution in [0.4, 0.5) is 13.2 Å². The molecule has 3 nitrogen and oxygen atoms in total. The van der Waals surface area contributed by atoms with Gasteiger partial charge in [0.15, 0.2) is 0 Å². The lowest BCUT2D eigenvalue weighted by molar-refractivity contribution is -0.274. The van der Waals surface area contributed by atoms with Gasteiger partial charge in [-0.3, -0.25) is 0 Å². The molecule has 0 aromatic heterocycles. The van der Waals surface area contributed by atoms with E-state index in [4.69, 9.17) is 10.5 Å². The molecule has 0 saturated carbocycles. The van der Waals surface area contributed by atoms with Gasteiger partial charge in [-0.1, -0.05) is 18.2 Å². The van der Waals surface area contributed by atoms with Gasteiger partial charge in [0.05, 0.1) is 0 Å². The average molecular weight is 238 g/mol. The van der Waals surface area contributed by atoms with Crippen LogP contribution in [0.5, 0.6) is 5.75 Å². The lowest BCUT2D eigenvalue weighted by atomic mass is 10.1. The second kappa shape index (κ2) is 5.04. The van der Waals surface area contributed by atoms with Crippen LogP contribution in [0.1, 0.15) is 5.56 Å². The van der Waals surface area contributed by atoms with E-state index < -0.39 is 12.1 Å². The van der Waals surface area contributed by atoms with Gasteiger partial charge in [-0.25, -0.2) is 0 Å². The van der Waals surface area contributed by atoms with E-state index in [1.165, 1.54) is 18.2 Å². The minimum absolute atomic E-state index is 0.0166. The molecule has 0 spiro atoms. The summed E-state index contributed by atoms with van der Waals surface area (Å²) in [6.07, 6.45) is -3.79. The molecule has 17 heavy (non-hydrogen) atoms. The van der Waals surface area contributed by atoms with Crippen molar-refractivity contribution in [2.75, 3.05) is 0 Å². The third-order valence-corrected chi connectivity index (χ3v) is 1.69. The van der Waals surface area contributed by atoms with Gasteiger partial charge >= 0.3 is 6.36 Å². The van der Waals surface area contributed by atoms with Crippen molar-refractivity contribution in [3.8, 4) is 17.9 Å². The zero-order valence-corrected chi connectivity index (χ0v) is 8.32. The largest absolute Gasteiger partial charge is 0.573 e. The zero-order chi connectivity index (χ0) is 12.9. The number of hydrogen-bond acceptors (Lipinski definition) is 3. The summed E-state index contributed by atoms with van der Waals surface area (Å²) < 4.78 is 39.9. The van der Waals surface area contributed by atoms with E-state index in [9.17, 15) is 13.2 Å². The first kappa shape index (κ1) is 12.6. The quantitative estimate of drug-likeness (QED) is 0.744. The Morgan fingerprint density at radius 3 is 2.29 bits per heavy atom. The Hall–Kier alpha value is -2.47. The summed E-state index contributed by atoms with van der Waals surface area (Å²) in [6, 6.07) is 8.36. The van der Waals surface area contributed by atoms with Crippen LogP contribution in [-0.2, 0) is 0 Å². The molecule has 0 bridgehead atoms. The van der Waals surface area contributed by atoms with Crippen molar-refractivity contribution in [3.63, 3.8) is 0 Å². The summed E-state index contributed by atoms with van der Waals surface area (Å²) in [4.78, 5) is 0. The molecule has 0 heterocycles. The van der Waals surface area contributed by atoms with Crippen LogP contribution in [-0.4, -0.2) is 6.36 Å². The molecule has 86 valence electrons. The normalized spacial score (nSPS) is 9.94. The van der Waals surface area contributed by atoms with Gasteiger partial charge in [-0.2, -0.15) is 10.5 Å². The minimum atomic E-state index is -4.82. The average Bonchev–Trinajstić information content (AvgIpc) is 2.26. The van der Waals surface area contributed by atoms with E-state index in [1.807, 2.05) is 0 Å². The molecule has 0 fully saturated rings. The summed E-state index contributed by atoms with van der Waals surface area (Å²) in [5.41, 5.74) is -0.286. The van der Waals surface area contributed by atoms with Crippen molar-refractivity contribution in [2.45, 2.75) is 6.36 Å². The summed E-state index contributed by atoms with van der Waals surface area (Å²) >= 11 is 0. The Kier molecular flexibility index (Phi) is 3.74. The van der Waals surface area contributed by atoms with E-state index in [0.29, 0.717) is 0 Å². The summed E-state index contributed by atoms with van der Waals surface area (Å²) in [5, 5.41) is 17.0. The smallest absolute Gasteiger partial charge is 0.405 e. The molecule has 0 amide bonds. The van der Waals surface area contributed by atoms with Gasteiger partial charge in [-0.05, 0) is 12.1 Å². The molecule has 0 unspecified atom stereocenters. The van der Waals surface area contributed by atoms with Crippen LogP contribution in [0.15, 0.2) is 29.8 Å². The minimum Gasteiger partial charge on any atom is -0.405 e. The first-order valence-electron chi connectivity index (χ1n) is 4.33. The third-order valence-electron chi connectivity index (χ3n) is 1.69. The van der Waals surface area contributed by atoms with E-state index in [2.05, 4.69) is 4.74 Å². The van der Waals surface area contributed by atoms with Crippen LogP contribution in [0.2, 0.25) is 0 Å². The molecule has 6 heteroatoms. The first-order valence-corrected chi connectivity index (χ1v) is 4.33. The van der Waals surface area contributed by atoms with E-state index in [0.717, 1.165) is 12.1 Å². The van der Waals surface area contributed by atoms with Gasteiger partial charge in [0.25, 0.3) is 0 Å². The zero-order valence-electron chi connectivity index (χ0n) is 8.32. The molecular formula is C11H5F3N2O. The maximum Gasteiger partial charge on any atom is 0.573 e. The number of nitriles is 2. The topological polar surface area (TPSA) is 56.8 Å². The number of allylic oxidation sites excluding steroid dienone is 1. The Morgan fingerprint density at radius 1 is 1.18 bits per heavy atom. The summed E-state index contributed by atoms with van der Waals surface area (Å²) in [7, 11) is 0. The Bertz CT molecular complexity index is 505. The van der Waals surface area contributed by atoms with Crippen molar-refractivity contribution in [2.24, 2.45) is 0 Å². The van der Waals surface area contributed by atoms with Gasteiger partial charge in [-0.15, -0.1) is 13.2 Å². The highest BCUT2D eigenvalue weighted by Gasteiger charge is 2.31. The van der Waals surface area contributed by atoms with Crippen molar-refractivity contribution < 1.29 is 17.9 Å². The van der Waals surface area contributed by atoms with Crippen LogP contribution in [0.25, 0.3) is 6.08 Å².